The molecule has 0 aromatic carbocycles. The van der Waals surface area contributed by atoms with Crippen molar-refractivity contribution >= 4 is 48.7 Å². The van der Waals surface area contributed by atoms with Gasteiger partial charge in [0.2, 0.25) is 0 Å². The third kappa shape index (κ3) is 232. The summed E-state index contributed by atoms with van der Waals surface area (Å²) >= 11 is 0. The van der Waals surface area contributed by atoms with E-state index in [0.717, 1.165) is 0 Å². The average molecular weight is 190 g/mol. The Balaban J connectivity index is 0. The van der Waals surface area contributed by atoms with E-state index in [4.69, 9.17) is 0 Å². The van der Waals surface area contributed by atoms with E-state index < -0.39 is 0 Å². The fraction of sp³-hybridized carbons (Fsp3) is 0. The van der Waals surface area contributed by atoms with Gasteiger partial charge in [-0.05, 0) is 11.0 Å². The largest absolute Gasteiger partial charge is 2.00 e. The Labute approximate surface area is 76.6 Å². The van der Waals surface area contributed by atoms with Crippen LogP contribution in [0, 0.1) is 0 Å². The molecule has 8 heavy (non-hydrogen) atoms. The Morgan fingerprint density at radius 1 is 0.500 bits per heavy atom. The van der Waals surface area contributed by atoms with Gasteiger partial charge in [-0.1, -0.05) is 0 Å². The molecule has 0 N–H and O–H groups in total. The zero-order chi connectivity index (χ0) is 0. The molecule has 0 heterocycles. The van der Waals surface area contributed by atoms with Crippen molar-refractivity contribution in [2.24, 2.45) is 0 Å². The molecule has 0 bridgehead atoms. The molecule has 0 rings (SSSR count). The topological polar surface area (TPSA) is 0 Å². The smallest absolute Gasteiger partial charge is 1.00 e. The molecule has 0 saturated heterocycles. The van der Waals surface area contributed by atoms with Crippen molar-refractivity contribution in [2.75, 3.05) is 0 Å². The Hall–Kier alpha value is 1.06. The Morgan fingerprint density at radius 2 is 0.500 bits per heavy atom. The zero-order valence-electron chi connectivity index (χ0n) is 3.10. The molecule has 56 valence electrons. The summed E-state index contributed by atoms with van der Waals surface area (Å²) in [6.45, 7) is 0. The van der Waals surface area contributed by atoms with Crippen molar-refractivity contribution in [3.63, 3.8) is 0 Å². The zero-order valence-corrected chi connectivity index (χ0v) is 5.30. The monoisotopic (exact) mass is 190 g/mol. The Bertz CT molecular complexity index is 8.49. The molecule has 0 aromatic rings. The van der Waals surface area contributed by atoms with Crippen LogP contribution in [-0.4, -0.2) is 48.7 Å². The van der Waals surface area contributed by atoms with E-state index in [9.17, 15) is 0 Å². The molecule has 0 aliphatic rings. The van der Waals surface area contributed by atoms with E-state index in [2.05, 4.69) is 0 Å². The first-order valence-corrected chi connectivity index (χ1v) is 0. The van der Waals surface area contributed by atoms with Crippen LogP contribution < -0.4 is 9.41 Å². The maximum Gasteiger partial charge on any atom is 2.00 e. The molecular weight excluding hydrogens is 182 g/mol. The van der Waals surface area contributed by atoms with Gasteiger partial charge in [-0.3, -0.25) is 18.8 Å². The molecule has 0 aliphatic carbocycles. The first-order chi connectivity index (χ1) is 0. The van der Waals surface area contributed by atoms with Crippen LogP contribution in [0.1, 0.15) is 0 Å². The van der Waals surface area contributed by atoms with Crippen LogP contribution in [0.25, 0.3) is 0 Å². The maximum atomic E-state index is 0. The van der Waals surface area contributed by atoms with Gasteiger partial charge in [0.25, 0.3) is 0 Å². The molecule has 0 fully saturated rings. The van der Waals surface area contributed by atoms with Crippen molar-refractivity contribution in [1.29, 1.82) is 0 Å². The Morgan fingerprint density at radius 3 is 0.500 bits per heavy atom. The molecule has 0 aliphatic heterocycles. The van der Waals surface area contributed by atoms with Gasteiger partial charge in [0.1, 0.15) is 0 Å². The minimum Gasteiger partial charge on any atom is -1.00 e. The molecule has 0 atom stereocenters. The van der Waals surface area contributed by atoms with Crippen LogP contribution in [0.15, 0.2) is 0 Å². The van der Waals surface area contributed by atoms with Crippen molar-refractivity contribution in [2.45, 2.75) is 0 Å². The fourth-order valence-corrected chi connectivity index (χ4v) is 0. The molecule has 0 spiro atoms. The van der Waals surface area contributed by atoms with Crippen LogP contribution in [0.3, 0.4) is 0 Å². The first kappa shape index (κ1) is 527. The van der Waals surface area contributed by atoms with E-state index in [-0.39, 0.29) is 76.9 Å². The normalized spacial score (nSPS) is 0. The molecular formula is H8CaF6Si. The number of halogens is 6. The molecule has 0 unspecified atom stereocenters. The molecule has 0 radical (unpaired) electrons. The van der Waals surface area contributed by atoms with E-state index >= 15 is 0 Å². The summed E-state index contributed by atoms with van der Waals surface area (Å²) in [5.41, 5.74) is 0. The average Bonchev–Trinajstić information content (AvgIpc) is 0. The van der Waals surface area contributed by atoms with Gasteiger partial charge < -0.3 is 9.41 Å². The summed E-state index contributed by atoms with van der Waals surface area (Å²) in [6.07, 6.45) is 0. The van der Waals surface area contributed by atoms with Crippen LogP contribution in [-0.2, 0) is 0 Å². The predicted octanol–water partition coefficient (Wildman–Crippen LogP) is -7.21. The van der Waals surface area contributed by atoms with Gasteiger partial charge in [0, 0.05) is 0 Å². The van der Waals surface area contributed by atoms with Gasteiger partial charge in [-0.2, -0.15) is 0 Å². The molecule has 0 amide bonds. The van der Waals surface area contributed by atoms with Crippen molar-refractivity contribution in [3.8, 4) is 0 Å². The SMILES string of the molecule is F.F.F.F.[Ca+2].[F-].[F-].[SiH4]. The molecule has 8 heteroatoms. The summed E-state index contributed by atoms with van der Waals surface area (Å²) < 4.78 is 0. The van der Waals surface area contributed by atoms with E-state index in [1.54, 1.807) is 0 Å². The van der Waals surface area contributed by atoms with E-state index in [1.807, 2.05) is 0 Å². The molecule has 0 aromatic heterocycles. The van der Waals surface area contributed by atoms with Gasteiger partial charge in [0.05, 0.1) is 0 Å². The standard InChI is InChI=1S/Ca.6FH.H4Si/h;6*1H;1H4/q+2;;;;;;;/p-2. The number of hydrogen-bond donors (Lipinski definition) is 0. The van der Waals surface area contributed by atoms with E-state index in [1.165, 1.54) is 0 Å². The van der Waals surface area contributed by atoms with Gasteiger partial charge in [0.15, 0.2) is 0 Å². The van der Waals surface area contributed by atoms with Crippen molar-refractivity contribution in [1.82, 2.24) is 0 Å². The minimum absolute atomic E-state index is 0. The predicted molar refractivity (Wildman–Crippen MR) is 27.1 cm³/mol. The summed E-state index contributed by atoms with van der Waals surface area (Å²) in [5.74, 6) is 0. The van der Waals surface area contributed by atoms with Crippen LogP contribution in [0.5, 0.6) is 0 Å². The number of rotatable bonds is 0. The quantitative estimate of drug-likeness (QED) is 0.263. The fourth-order valence-electron chi connectivity index (χ4n) is 0. The minimum atomic E-state index is 0. The van der Waals surface area contributed by atoms with Crippen LogP contribution in [0.2, 0.25) is 0 Å². The van der Waals surface area contributed by atoms with Crippen molar-refractivity contribution < 1.29 is 28.2 Å². The van der Waals surface area contributed by atoms with Gasteiger partial charge >= 0.3 is 37.7 Å². The van der Waals surface area contributed by atoms with Crippen molar-refractivity contribution in [3.05, 3.63) is 0 Å². The first-order valence-electron chi connectivity index (χ1n) is 0. The number of hydrogen-bond acceptors (Lipinski definition) is 0. The Kier molecular flexibility index (Phi) is 23700. The van der Waals surface area contributed by atoms with Crippen LogP contribution >= 0.6 is 0 Å². The second-order valence-corrected chi connectivity index (χ2v) is 0. The summed E-state index contributed by atoms with van der Waals surface area (Å²) in [5, 5.41) is 0. The van der Waals surface area contributed by atoms with Gasteiger partial charge in [-0.25, -0.2) is 0 Å². The summed E-state index contributed by atoms with van der Waals surface area (Å²) in [4.78, 5) is 0. The summed E-state index contributed by atoms with van der Waals surface area (Å²) in [6, 6.07) is 0. The molecule has 0 nitrogen and oxygen atoms in total. The third-order valence-electron chi connectivity index (χ3n) is 0. The van der Waals surface area contributed by atoms with Crippen LogP contribution in [0.4, 0.5) is 18.8 Å². The third-order valence-corrected chi connectivity index (χ3v) is 0. The second-order valence-electron chi connectivity index (χ2n) is 0. The maximum absolute atomic E-state index is 0. The van der Waals surface area contributed by atoms with E-state index in [0.29, 0.717) is 0 Å². The summed E-state index contributed by atoms with van der Waals surface area (Å²) in [7, 11) is 0. The van der Waals surface area contributed by atoms with Gasteiger partial charge in [-0.15, -0.1) is 0 Å². The molecule has 0 saturated carbocycles. The second kappa shape index (κ2) is 359.